The molecule has 0 bridgehead atoms. The Labute approximate surface area is 87.9 Å². The molecule has 0 aliphatic carbocycles. The number of anilines is 1. The summed E-state index contributed by atoms with van der Waals surface area (Å²) in [6.45, 7) is 2.69. The van der Waals surface area contributed by atoms with Crippen molar-refractivity contribution in [2.24, 2.45) is 0 Å². The molecule has 14 heavy (non-hydrogen) atoms. The lowest BCUT2D eigenvalue weighted by molar-refractivity contribution is 0.0698. The molecule has 0 atom stereocenters. The second kappa shape index (κ2) is 4.33. The van der Waals surface area contributed by atoms with E-state index in [-0.39, 0.29) is 10.6 Å². The highest BCUT2D eigenvalue weighted by atomic mass is 35.5. The van der Waals surface area contributed by atoms with E-state index in [1.165, 1.54) is 0 Å². The Morgan fingerprint density at radius 2 is 2.21 bits per heavy atom. The molecule has 1 rings (SSSR count). The van der Waals surface area contributed by atoms with Crippen molar-refractivity contribution in [1.82, 2.24) is 0 Å². The van der Waals surface area contributed by atoms with Crippen LogP contribution >= 0.6 is 11.6 Å². The van der Waals surface area contributed by atoms with Crippen molar-refractivity contribution < 1.29 is 9.90 Å². The third kappa shape index (κ3) is 1.99. The van der Waals surface area contributed by atoms with Gasteiger partial charge in [-0.3, -0.25) is 0 Å². The van der Waals surface area contributed by atoms with Crippen molar-refractivity contribution in [1.29, 1.82) is 0 Å². The Bertz CT molecular complexity index is 352. The van der Waals surface area contributed by atoms with Crippen LogP contribution in [0.3, 0.4) is 0 Å². The predicted molar refractivity (Wildman–Crippen MR) is 57.4 cm³/mol. The lowest BCUT2D eigenvalue weighted by Gasteiger charge is -2.19. The molecule has 0 aromatic heterocycles. The van der Waals surface area contributed by atoms with Crippen LogP contribution in [0.5, 0.6) is 0 Å². The molecule has 0 aliphatic heterocycles. The summed E-state index contributed by atoms with van der Waals surface area (Å²) >= 11 is 5.82. The Morgan fingerprint density at radius 3 is 2.71 bits per heavy atom. The normalized spacial score (nSPS) is 9.93. The summed E-state index contributed by atoms with van der Waals surface area (Å²) in [5.41, 5.74) is 0.811. The molecule has 0 amide bonds. The summed E-state index contributed by atoms with van der Waals surface area (Å²) in [5, 5.41) is 9.25. The van der Waals surface area contributed by atoms with Gasteiger partial charge < -0.3 is 10.0 Å². The number of carboxylic acids is 1. The summed E-state index contributed by atoms with van der Waals surface area (Å²) in [6, 6.07) is 5.08. The maximum atomic E-state index is 11.0. The minimum atomic E-state index is -0.995. The molecule has 0 saturated heterocycles. The number of aromatic carboxylic acids is 1. The molecule has 0 unspecified atom stereocenters. The van der Waals surface area contributed by atoms with E-state index in [1.54, 1.807) is 18.2 Å². The van der Waals surface area contributed by atoms with E-state index >= 15 is 0 Å². The summed E-state index contributed by atoms with van der Waals surface area (Å²) < 4.78 is 0. The van der Waals surface area contributed by atoms with Crippen LogP contribution < -0.4 is 4.90 Å². The second-order valence-electron chi connectivity index (χ2n) is 2.95. The third-order valence-corrected chi connectivity index (χ3v) is 2.41. The Balaban J connectivity index is 3.28. The monoisotopic (exact) mass is 213 g/mol. The molecule has 0 radical (unpaired) electrons. The predicted octanol–water partition coefficient (Wildman–Crippen LogP) is 2.49. The first-order valence-electron chi connectivity index (χ1n) is 4.30. The molecule has 0 heterocycles. The number of hydrogen-bond acceptors (Lipinski definition) is 2. The van der Waals surface area contributed by atoms with Crippen LogP contribution in [0.2, 0.25) is 5.02 Å². The second-order valence-corrected chi connectivity index (χ2v) is 3.36. The van der Waals surface area contributed by atoms with Gasteiger partial charge in [0.1, 0.15) is 5.56 Å². The van der Waals surface area contributed by atoms with E-state index in [0.717, 1.165) is 6.54 Å². The summed E-state index contributed by atoms with van der Waals surface area (Å²) in [7, 11) is 1.83. The first-order valence-corrected chi connectivity index (χ1v) is 4.68. The molecule has 0 spiro atoms. The highest BCUT2D eigenvalue weighted by Gasteiger charge is 2.15. The summed E-state index contributed by atoms with van der Waals surface area (Å²) in [5.74, 6) is -0.995. The van der Waals surface area contributed by atoms with Gasteiger partial charge in [-0.05, 0) is 19.1 Å². The molecule has 1 N–H and O–H groups in total. The maximum Gasteiger partial charge on any atom is 0.339 e. The largest absolute Gasteiger partial charge is 0.478 e. The first kappa shape index (κ1) is 10.9. The van der Waals surface area contributed by atoms with Crippen molar-refractivity contribution in [2.45, 2.75) is 6.92 Å². The molecule has 1 aromatic carbocycles. The summed E-state index contributed by atoms with van der Waals surface area (Å²) in [4.78, 5) is 12.8. The van der Waals surface area contributed by atoms with Crippen molar-refractivity contribution in [3.05, 3.63) is 28.8 Å². The quantitative estimate of drug-likeness (QED) is 0.839. The number of carbonyl (C=O) groups is 1. The number of rotatable bonds is 3. The van der Waals surface area contributed by atoms with Gasteiger partial charge in [0.05, 0.1) is 10.7 Å². The van der Waals surface area contributed by atoms with Crippen molar-refractivity contribution >= 4 is 23.3 Å². The van der Waals surface area contributed by atoms with Gasteiger partial charge in [-0.2, -0.15) is 0 Å². The highest BCUT2D eigenvalue weighted by Crippen LogP contribution is 2.26. The molecular weight excluding hydrogens is 202 g/mol. The standard InChI is InChI=1S/C10H12ClNO2/c1-3-12(2)8-6-4-5-7(11)9(8)10(13)14/h4-6H,3H2,1-2H3,(H,13,14). The van der Waals surface area contributed by atoms with Crippen LogP contribution in [-0.4, -0.2) is 24.7 Å². The molecule has 0 saturated carbocycles. The maximum absolute atomic E-state index is 11.0. The van der Waals surface area contributed by atoms with E-state index in [9.17, 15) is 4.79 Å². The zero-order valence-electron chi connectivity index (χ0n) is 8.12. The SMILES string of the molecule is CCN(C)c1cccc(Cl)c1C(=O)O. The third-order valence-electron chi connectivity index (χ3n) is 2.09. The molecule has 0 aliphatic rings. The smallest absolute Gasteiger partial charge is 0.339 e. The molecular formula is C10H12ClNO2. The minimum absolute atomic E-state index is 0.165. The molecule has 3 nitrogen and oxygen atoms in total. The van der Waals surface area contributed by atoms with Gasteiger partial charge in [0.2, 0.25) is 0 Å². The first-order chi connectivity index (χ1) is 6.57. The molecule has 76 valence electrons. The average molecular weight is 214 g/mol. The number of carboxylic acid groups (broad SMARTS) is 1. The average Bonchev–Trinajstić information content (AvgIpc) is 2.15. The van der Waals surface area contributed by atoms with Gasteiger partial charge in [0.15, 0.2) is 0 Å². The van der Waals surface area contributed by atoms with Gasteiger partial charge in [-0.15, -0.1) is 0 Å². The highest BCUT2D eigenvalue weighted by molar-refractivity contribution is 6.34. The van der Waals surface area contributed by atoms with Gasteiger partial charge >= 0.3 is 5.97 Å². The van der Waals surface area contributed by atoms with Crippen LogP contribution in [0.25, 0.3) is 0 Å². The van der Waals surface area contributed by atoms with E-state index in [0.29, 0.717) is 5.69 Å². The van der Waals surface area contributed by atoms with Crippen LogP contribution in [0.1, 0.15) is 17.3 Å². The van der Waals surface area contributed by atoms with E-state index in [4.69, 9.17) is 16.7 Å². The number of halogens is 1. The zero-order chi connectivity index (χ0) is 10.7. The molecule has 1 aromatic rings. The van der Waals surface area contributed by atoms with Crippen LogP contribution in [0.15, 0.2) is 18.2 Å². The van der Waals surface area contributed by atoms with E-state index in [1.807, 2.05) is 18.9 Å². The fraction of sp³-hybridized carbons (Fsp3) is 0.300. The fourth-order valence-corrected chi connectivity index (χ4v) is 1.46. The number of hydrogen-bond donors (Lipinski definition) is 1. The van der Waals surface area contributed by atoms with Crippen molar-refractivity contribution in [2.75, 3.05) is 18.5 Å². The Morgan fingerprint density at radius 1 is 1.57 bits per heavy atom. The molecule has 4 heteroatoms. The number of nitrogens with zero attached hydrogens (tertiary/aromatic N) is 1. The zero-order valence-corrected chi connectivity index (χ0v) is 8.88. The minimum Gasteiger partial charge on any atom is -0.478 e. The van der Waals surface area contributed by atoms with Crippen molar-refractivity contribution in [3.8, 4) is 0 Å². The van der Waals surface area contributed by atoms with E-state index in [2.05, 4.69) is 0 Å². The lowest BCUT2D eigenvalue weighted by atomic mass is 10.1. The topological polar surface area (TPSA) is 40.5 Å². The fourth-order valence-electron chi connectivity index (χ4n) is 1.21. The van der Waals surface area contributed by atoms with Crippen LogP contribution in [0.4, 0.5) is 5.69 Å². The van der Waals surface area contributed by atoms with Gasteiger partial charge in [0.25, 0.3) is 0 Å². The summed E-state index contributed by atoms with van der Waals surface area (Å²) in [6.07, 6.45) is 0. The Kier molecular flexibility index (Phi) is 3.36. The molecule has 0 fully saturated rings. The van der Waals surface area contributed by atoms with Crippen LogP contribution in [0, 0.1) is 0 Å². The lowest BCUT2D eigenvalue weighted by Crippen LogP contribution is -2.19. The Hall–Kier alpha value is -1.22. The number of benzene rings is 1. The van der Waals surface area contributed by atoms with E-state index < -0.39 is 5.97 Å². The van der Waals surface area contributed by atoms with Gasteiger partial charge in [-0.25, -0.2) is 4.79 Å². The van der Waals surface area contributed by atoms with Crippen LogP contribution in [-0.2, 0) is 0 Å². The van der Waals surface area contributed by atoms with Crippen molar-refractivity contribution in [3.63, 3.8) is 0 Å². The van der Waals surface area contributed by atoms with Gasteiger partial charge in [-0.1, -0.05) is 17.7 Å². The van der Waals surface area contributed by atoms with Gasteiger partial charge in [0, 0.05) is 13.6 Å².